The van der Waals surface area contributed by atoms with Crippen LogP contribution >= 0.6 is 0 Å². The molecule has 168 valence electrons. The Morgan fingerprint density at radius 2 is 1.88 bits per heavy atom. The third-order valence-corrected chi connectivity index (χ3v) is 6.20. The molecule has 33 heavy (non-hydrogen) atoms. The summed E-state index contributed by atoms with van der Waals surface area (Å²) in [6, 6.07) is 17.5. The number of likely N-dealkylation sites (N-methyl/N-ethyl adjacent to an activating group) is 1. The molecule has 1 saturated heterocycles. The van der Waals surface area contributed by atoms with Gasteiger partial charge in [0.1, 0.15) is 5.82 Å². The molecule has 1 amide bonds. The van der Waals surface area contributed by atoms with Crippen LogP contribution in [0.25, 0.3) is 22.4 Å². The Morgan fingerprint density at radius 3 is 2.64 bits per heavy atom. The Labute approximate surface area is 193 Å². The van der Waals surface area contributed by atoms with Crippen molar-refractivity contribution in [1.82, 2.24) is 24.8 Å². The lowest BCUT2D eigenvalue weighted by Crippen LogP contribution is -2.45. The van der Waals surface area contributed by atoms with Crippen molar-refractivity contribution >= 4 is 22.6 Å². The first kappa shape index (κ1) is 21.3. The van der Waals surface area contributed by atoms with Gasteiger partial charge in [-0.2, -0.15) is 0 Å². The molecule has 0 aliphatic carbocycles. The number of rotatable bonds is 6. The minimum atomic E-state index is -0.139. The molecule has 0 unspecified atom stereocenters. The topological polar surface area (TPSA) is 77.2 Å². The molecular weight excluding hydrogens is 412 g/mol. The maximum atomic E-state index is 12.8. The predicted octanol–water partition coefficient (Wildman–Crippen LogP) is 3.67. The lowest BCUT2D eigenvalue weighted by molar-refractivity contribution is 0.102. The summed E-state index contributed by atoms with van der Waals surface area (Å²) in [5.74, 6) is 0.599. The van der Waals surface area contributed by atoms with Gasteiger partial charge in [-0.15, -0.1) is 0 Å². The minimum absolute atomic E-state index is 0.139. The summed E-state index contributed by atoms with van der Waals surface area (Å²) < 4.78 is 0. The van der Waals surface area contributed by atoms with E-state index in [4.69, 9.17) is 0 Å². The summed E-state index contributed by atoms with van der Waals surface area (Å²) in [7, 11) is 2.18. The van der Waals surface area contributed by atoms with Crippen LogP contribution in [0.15, 0.2) is 67.0 Å². The zero-order chi connectivity index (χ0) is 22.6. The van der Waals surface area contributed by atoms with E-state index in [9.17, 15) is 4.79 Å². The number of aromatic nitrogens is 3. The van der Waals surface area contributed by atoms with E-state index in [0.29, 0.717) is 5.56 Å². The number of nitrogens with one attached hydrogen (secondary N) is 2. The standard InChI is InChI=1S/C26H28N6O/c1-31-13-15-32(16-14-31)12-10-19-4-7-22(8-5-19)28-26(33)20-6-9-23-24(17-20)30-25(29-23)21-3-2-11-27-18-21/h2-9,11,17-18H,10,12-16H2,1H3,(H,28,33)(H,29,30). The summed E-state index contributed by atoms with van der Waals surface area (Å²) in [5.41, 5.74) is 5.21. The quantitative estimate of drug-likeness (QED) is 0.478. The first-order valence-corrected chi connectivity index (χ1v) is 11.4. The third-order valence-electron chi connectivity index (χ3n) is 6.20. The second-order valence-electron chi connectivity index (χ2n) is 8.61. The molecule has 1 fully saturated rings. The number of aromatic amines is 1. The Bertz CT molecular complexity index is 1230. The first-order valence-electron chi connectivity index (χ1n) is 11.4. The minimum Gasteiger partial charge on any atom is -0.338 e. The van der Waals surface area contributed by atoms with Gasteiger partial charge in [0.25, 0.3) is 5.91 Å². The van der Waals surface area contributed by atoms with E-state index in [1.165, 1.54) is 5.56 Å². The van der Waals surface area contributed by atoms with Crippen molar-refractivity contribution in [2.24, 2.45) is 0 Å². The molecule has 7 nitrogen and oxygen atoms in total. The summed E-state index contributed by atoms with van der Waals surface area (Å²) >= 11 is 0. The van der Waals surface area contributed by atoms with Crippen LogP contribution in [0.2, 0.25) is 0 Å². The van der Waals surface area contributed by atoms with Crippen molar-refractivity contribution in [3.8, 4) is 11.4 Å². The molecule has 0 spiro atoms. The predicted molar refractivity (Wildman–Crippen MR) is 131 cm³/mol. The number of carbonyl (C=O) groups excluding carboxylic acids is 1. The number of benzene rings is 2. The van der Waals surface area contributed by atoms with E-state index in [2.05, 4.69) is 49.2 Å². The lowest BCUT2D eigenvalue weighted by Gasteiger charge is -2.32. The van der Waals surface area contributed by atoms with Gasteiger partial charge in [-0.1, -0.05) is 12.1 Å². The third kappa shape index (κ3) is 5.10. The molecule has 0 saturated carbocycles. The van der Waals surface area contributed by atoms with Crippen LogP contribution in [0.4, 0.5) is 5.69 Å². The number of H-pyrrole nitrogens is 1. The Balaban J connectivity index is 1.21. The smallest absolute Gasteiger partial charge is 0.255 e. The Hall–Kier alpha value is -3.55. The van der Waals surface area contributed by atoms with Crippen LogP contribution in [-0.2, 0) is 6.42 Å². The fourth-order valence-electron chi connectivity index (χ4n) is 4.11. The van der Waals surface area contributed by atoms with Crippen molar-refractivity contribution in [1.29, 1.82) is 0 Å². The molecule has 0 radical (unpaired) electrons. The van der Waals surface area contributed by atoms with E-state index in [1.54, 1.807) is 18.5 Å². The summed E-state index contributed by atoms with van der Waals surface area (Å²) in [6.45, 7) is 5.62. The summed E-state index contributed by atoms with van der Waals surface area (Å²) in [4.78, 5) is 29.7. The fourth-order valence-corrected chi connectivity index (χ4v) is 4.11. The van der Waals surface area contributed by atoms with Gasteiger partial charge in [0.15, 0.2) is 0 Å². The molecule has 2 N–H and O–H groups in total. The highest BCUT2D eigenvalue weighted by Crippen LogP contribution is 2.21. The van der Waals surface area contributed by atoms with Crippen LogP contribution in [0.3, 0.4) is 0 Å². The van der Waals surface area contributed by atoms with Gasteiger partial charge in [-0.3, -0.25) is 9.78 Å². The zero-order valence-electron chi connectivity index (χ0n) is 18.8. The van der Waals surface area contributed by atoms with E-state index in [0.717, 1.165) is 67.3 Å². The molecule has 0 bridgehead atoms. The van der Waals surface area contributed by atoms with Crippen molar-refractivity contribution < 1.29 is 4.79 Å². The molecule has 1 aliphatic rings. The number of hydrogen-bond acceptors (Lipinski definition) is 5. The number of anilines is 1. The van der Waals surface area contributed by atoms with Gasteiger partial charge in [0.2, 0.25) is 0 Å². The van der Waals surface area contributed by atoms with Crippen molar-refractivity contribution in [3.05, 3.63) is 78.1 Å². The largest absolute Gasteiger partial charge is 0.338 e. The molecule has 7 heteroatoms. The van der Waals surface area contributed by atoms with Crippen LogP contribution in [0.5, 0.6) is 0 Å². The number of carbonyl (C=O) groups is 1. The number of fused-ring (bicyclic) bond motifs is 1. The monoisotopic (exact) mass is 440 g/mol. The van der Waals surface area contributed by atoms with Gasteiger partial charge < -0.3 is 20.1 Å². The van der Waals surface area contributed by atoms with Gasteiger partial charge >= 0.3 is 0 Å². The average Bonchev–Trinajstić information content (AvgIpc) is 3.29. The number of hydrogen-bond donors (Lipinski definition) is 2. The molecule has 0 atom stereocenters. The van der Waals surface area contributed by atoms with Crippen molar-refractivity contribution in [2.75, 3.05) is 45.1 Å². The summed E-state index contributed by atoms with van der Waals surface area (Å²) in [6.07, 6.45) is 4.52. The van der Waals surface area contributed by atoms with Crippen LogP contribution in [-0.4, -0.2) is 70.4 Å². The fraction of sp³-hybridized carbons (Fsp3) is 0.269. The normalized spacial score (nSPS) is 15.1. The molecule has 4 aromatic rings. The molecule has 2 aromatic heterocycles. The van der Waals surface area contributed by atoms with Gasteiger partial charge in [-0.05, 0) is 61.5 Å². The average molecular weight is 441 g/mol. The van der Waals surface area contributed by atoms with Crippen LogP contribution < -0.4 is 5.32 Å². The Morgan fingerprint density at radius 1 is 1.06 bits per heavy atom. The van der Waals surface area contributed by atoms with E-state index >= 15 is 0 Å². The van der Waals surface area contributed by atoms with Crippen LogP contribution in [0.1, 0.15) is 15.9 Å². The molecular formula is C26H28N6O. The molecule has 2 aromatic carbocycles. The number of pyridine rings is 1. The highest BCUT2D eigenvalue weighted by atomic mass is 16.1. The van der Waals surface area contributed by atoms with Gasteiger partial charge in [0.05, 0.1) is 11.0 Å². The second kappa shape index (κ2) is 9.52. The van der Waals surface area contributed by atoms with Crippen molar-refractivity contribution in [2.45, 2.75) is 6.42 Å². The highest BCUT2D eigenvalue weighted by Gasteiger charge is 2.14. The number of imidazole rings is 1. The SMILES string of the molecule is CN1CCN(CCc2ccc(NC(=O)c3ccc4nc(-c5cccnc5)[nH]c4c3)cc2)CC1. The summed E-state index contributed by atoms with van der Waals surface area (Å²) in [5, 5.41) is 3.00. The van der Waals surface area contributed by atoms with Gasteiger partial charge in [0, 0.05) is 61.9 Å². The number of piperazine rings is 1. The maximum Gasteiger partial charge on any atom is 0.255 e. The van der Waals surface area contributed by atoms with Gasteiger partial charge in [-0.25, -0.2) is 4.98 Å². The van der Waals surface area contributed by atoms with E-state index in [-0.39, 0.29) is 5.91 Å². The Kier molecular flexibility index (Phi) is 6.15. The number of amides is 1. The second-order valence-corrected chi connectivity index (χ2v) is 8.61. The number of nitrogens with zero attached hydrogens (tertiary/aromatic N) is 4. The molecule has 1 aliphatic heterocycles. The van der Waals surface area contributed by atoms with E-state index < -0.39 is 0 Å². The molecule has 5 rings (SSSR count). The maximum absolute atomic E-state index is 12.8. The van der Waals surface area contributed by atoms with E-state index in [1.807, 2.05) is 36.4 Å². The zero-order valence-corrected chi connectivity index (χ0v) is 18.8. The van der Waals surface area contributed by atoms with Crippen LogP contribution in [0, 0.1) is 0 Å². The lowest BCUT2D eigenvalue weighted by atomic mass is 10.1. The first-order chi connectivity index (χ1) is 16.1. The van der Waals surface area contributed by atoms with Crippen molar-refractivity contribution in [3.63, 3.8) is 0 Å². The molecule has 3 heterocycles. The highest BCUT2D eigenvalue weighted by molar-refractivity contribution is 6.06.